The van der Waals surface area contributed by atoms with Gasteiger partial charge < -0.3 is 23.9 Å². The summed E-state index contributed by atoms with van der Waals surface area (Å²) >= 11 is 0. The molecule has 1 atom stereocenters. The molecule has 186 valence electrons. The number of nitrogens with one attached hydrogen (secondary N) is 1. The molecule has 0 saturated carbocycles. The van der Waals surface area contributed by atoms with E-state index in [2.05, 4.69) is 5.32 Å². The second-order valence-corrected chi connectivity index (χ2v) is 8.72. The van der Waals surface area contributed by atoms with Crippen LogP contribution in [0.5, 0.6) is 11.5 Å². The van der Waals surface area contributed by atoms with Gasteiger partial charge in [-0.2, -0.15) is 0 Å². The summed E-state index contributed by atoms with van der Waals surface area (Å²) in [7, 11) is 1.52. The number of fused-ring (bicyclic) bond motifs is 3. The first-order valence-electron chi connectivity index (χ1n) is 11.5. The summed E-state index contributed by atoms with van der Waals surface area (Å²) in [4.78, 5) is 38.0. The molecule has 4 rings (SSSR count). The first-order valence-corrected chi connectivity index (χ1v) is 11.5. The highest BCUT2D eigenvalue weighted by Crippen LogP contribution is 2.32. The monoisotopic (exact) mass is 489 g/mol. The molecule has 3 aromatic carbocycles. The summed E-state index contributed by atoms with van der Waals surface area (Å²) < 4.78 is 21.7. The second kappa shape index (κ2) is 10.5. The van der Waals surface area contributed by atoms with Crippen molar-refractivity contribution in [3.63, 3.8) is 0 Å². The van der Waals surface area contributed by atoms with Gasteiger partial charge in [0.2, 0.25) is 0 Å². The van der Waals surface area contributed by atoms with Crippen molar-refractivity contribution in [2.75, 3.05) is 7.11 Å². The predicted octanol–water partition coefficient (Wildman–Crippen LogP) is 5.12. The Morgan fingerprint density at radius 3 is 2.39 bits per heavy atom. The van der Waals surface area contributed by atoms with Gasteiger partial charge in [-0.25, -0.2) is 14.4 Å². The summed E-state index contributed by atoms with van der Waals surface area (Å²) in [5.41, 5.74) is 1.12. The standard InChI is InChI=1S/C28H27NO7/c1-16(2)24(29-28(32)34-15-18-8-6-5-7-9-18)27(31)35-23-13-12-21-20-11-10-19(33-4)14-22(20)26(30)36-25(21)17(23)3/h5-14,16,24H,15H2,1-4H3,(H,29,32). The Hall–Kier alpha value is -4.33. The van der Waals surface area contributed by atoms with Crippen LogP contribution in [0.2, 0.25) is 0 Å². The molecular weight excluding hydrogens is 462 g/mol. The minimum Gasteiger partial charge on any atom is -0.497 e. The molecule has 0 saturated heterocycles. The molecule has 0 fully saturated rings. The van der Waals surface area contributed by atoms with Crippen molar-refractivity contribution in [2.45, 2.75) is 33.4 Å². The first-order chi connectivity index (χ1) is 17.3. The van der Waals surface area contributed by atoms with Crippen LogP contribution in [-0.4, -0.2) is 25.2 Å². The number of hydrogen-bond acceptors (Lipinski definition) is 7. The van der Waals surface area contributed by atoms with Crippen molar-refractivity contribution in [1.82, 2.24) is 5.32 Å². The van der Waals surface area contributed by atoms with Gasteiger partial charge in [-0.1, -0.05) is 44.2 Å². The third-order valence-corrected chi connectivity index (χ3v) is 5.91. The van der Waals surface area contributed by atoms with Crippen molar-refractivity contribution >= 4 is 33.8 Å². The summed E-state index contributed by atoms with van der Waals surface area (Å²) in [5, 5.41) is 4.38. The lowest BCUT2D eigenvalue weighted by atomic mass is 10.0. The number of rotatable bonds is 7. The number of benzene rings is 3. The number of amides is 1. The number of carbonyl (C=O) groups excluding carboxylic acids is 2. The largest absolute Gasteiger partial charge is 0.497 e. The Balaban J connectivity index is 1.55. The molecule has 0 spiro atoms. The number of ether oxygens (including phenoxy) is 3. The molecule has 0 bridgehead atoms. The molecule has 1 aromatic heterocycles. The lowest BCUT2D eigenvalue weighted by Crippen LogP contribution is -2.46. The number of esters is 1. The van der Waals surface area contributed by atoms with Crippen LogP contribution in [0.25, 0.3) is 21.7 Å². The number of alkyl carbamates (subject to hydrolysis) is 1. The number of hydrogen-bond donors (Lipinski definition) is 1. The minimum absolute atomic E-state index is 0.0786. The van der Waals surface area contributed by atoms with Gasteiger partial charge in [0.25, 0.3) is 0 Å². The normalized spacial score (nSPS) is 11.9. The summed E-state index contributed by atoms with van der Waals surface area (Å²) in [6.45, 7) is 5.36. The SMILES string of the molecule is COc1ccc2c(c1)c(=O)oc1c(C)c(OC(=O)C(NC(=O)OCc3ccccc3)C(C)C)ccc12. The molecular formula is C28H27NO7. The maximum atomic E-state index is 13.0. The third-order valence-electron chi connectivity index (χ3n) is 5.91. The highest BCUT2D eigenvalue weighted by molar-refractivity contribution is 6.06. The van der Waals surface area contributed by atoms with Crippen molar-refractivity contribution < 1.29 is 28.2 Å². The van der Waals surface area contributed by atoms with E-state index in [0.717, 1.165) is 5.56 Å². The maximum absolute atomic E-state index is 13.0. The smallest absolute Gasteiger partial charge is 0.408 e. The fraction of sp³-hybridized carbons (Fsp3) is 0.250. The van der Waals surface area contributed by atoms with Gasteiger partial charge in [-0.05, 0) is 48.7 Å². The Labute approximate surface area is 207 Å². The van der Waals surface area contributed by atoms with E-state index < -0.39 is 23.7 Å². The van der Waals surface area contributed by atoms with Crippen LogP contribution in [0.4, 0.5) is 4.79 Å². The quantitative estimate of drug-likeness (QED) is 0.166. The average molecular weight is 490 g/mol. The van der Waals surface area contributed by atoms with E-state index in [1.165, 1.54) is 7.11 Å². The van der Waals surface area contributed by atoms with E-state index in [0.29, 0.717) is 33.1 Å². The predicted molar refractivity (Wildman–Crippen MR) is 135 cm³/mol. The van der Waals surface area contributed by atoms with Gasteiger partial charge in [0.15, 0.2) is 0 Å². The molecule has 0 radical (unpaired) electrons. The molecule has 4 aromatic rings. The fourth-order valence-corrected chi connectivity index (χ4v) is 3.89. The molecule has 0 aliphatic carbocycles. The van der Waals surface area contributed by atoms with Crippen LogP contribution >= 0.6 is 0 Å². The van der Waals surface area contributed by atoms with E-state index in [-0.39, 0.29) is 18.3 Å². The van der Waals surface area contributed by atoms with Crippen LogP contribution < -0.4 is 20.4 Å². The van der Waals surface area contributed by atoms with Crippen molar-refractivity contribution in [2.24, 2.45) is 5.92 Å². The average Bonchev–Trinajstić information content (AvgIpc) is 2.88. The molecule has 1 amide bonds. The molecule has 1 heterocycles. The molecule has 1 unspecified atom stereocenters. The topological polar surface area (TPSA) is 104 Å². The van der Waals surface area contributed by atoms with E-state index in [1.54, 1.807) is 51.1 Å². The van der Waals surface area contributed by atoms with E-state index in [1.807, 2.05) is 30.3 Å². The number of carbonyl (C=O) groups is 2. The van der Waals surface area contributed by atoms with Gasteiger partial charge >= 0.3 is 17.7 Å². The zero-order chi connectivity index (χ0) is 25.8. The Morgan fingerprint density at radius 2 is 1.69 bits per heavy atom. The Bertz CT molecular complexity index is 1470. The fourth-order valence-electron chi connectivity index (χ4n) is 3.89. The Morgan fingerprint density at radius 1 is 0.972 bits per heavy atom. The zero-order valence-corrected chi connectivity index (χ0v) is 20.5. The van der Waals surface area contributed by atoms with Gasteiger partial charge in [0.1, 0.15) is 29.7 Å². The summed E-state index contributed by atoms with van der Waals surface area (Å²) in [5.74, 6) is -0.143. The van der Waals surface area contributed by atoms with Gasteiger partial charge in [0, 0.05) is 16.3 Å². The van der Waals surface area contributed by atoms with Crippen LogP contribution in [0, 0.1) is 12.8 Å². The Kier molecular flexibility index (Phi) is 7.24. The molecule has 36 heavy (non-hydrogen) atoms. The van der Waals surface area contributed by atoms with E-state index in [9.17, 15) is 14.4 Å². The van der Waals surface area contributed by atoms with Crippen LogP contribution in [0.15, 0.2) is 69.9 Å². The van der Waals surface area contributed by atoms with Gasteiger partial charge in [0.05, 0.1) is 12.5 Å². The highest BCUT2D eigenvalue weighted by atomic mass is 16.6. The van der Waals surface area contributed by atoms with E-state index >= 15 is 0 Å². The lowest BCUT2D eigenvalue weighted by Gasteiger charge is -2.21. The van der Waals surface area contributed by atoms with Gasteiger partial charge in [-0.15, -0.1) is 0 Å². The number of methoxy groups -OCH3 is 1. The molecule has 0 aliphatic rings. The first kappa shape index (κ1) is 24.8. The zero-order valence-electron chi connectivity index (χ0n) is 20.5. The van der Waals surface area contributed by atoms with Gasteiger partial charge in [-0.3, -0.25) is 0 Å². The summed E-state index contributed by atoms with van der Waals surface area (Å²) in [6.07, 6.45) is -0.724. The van der Waals surface area contributed by atoms with Crippen molar-refractivity contribution in [3.05, 3.63) is 82.2 Å². The second-order valence-electron chi connectivity index (χ2n) is 8.72. The molecule has 0 aliphatic heterocycles. The van der Waals surface area contributed by atoms with Crippen LogP contribution in [0.3, 0.4) is 0 Å². The maximum Gasteiger partial charge on any atom is 0.408 e. The molecule has 8 heteroatoms. The third kappa shape index (κ3) is 5.17. The van der Waals surface area contributed by atoms with Crippen LogP contribution in [0.1, 0.15) is 25.0 Å². The van der Waals surface area contributed by atoms with E-state index in [4.69, 9.17) is 18.6 Å². The lowest BCUT2D eigenvalue weighted by molar-refractivity contribution is -0.137. The summed E-state index contributed by atoms with van der Waals surface area (Å²) in [6, 6.07) is 16.8. The van der Waals surface area contributed by atoms with Crippen molar-refractivity contribution in [1.29, 1.82) is 0 Å². The molecule has 1 N–H and O–H groups in total. The van der Waals surface area contributed by atoms with Crippen LogP contribution in [-0.2, 0) is 16.1 Å². The molecule has 8 nitrogen and oxygen atoms in total. The highest BCUT2D eigenvalue weighted by Gasteiger charge is 2.28. The van der Waals surface area contributed by atoms with Crippen molar-refractivity contribution in [3.8, 4) is 11.5 Å². The minimum atomic E-state index is -0.945. The number of aryl methyl sites for hydroxylation is 1.